The Bertz CT molecular complexity index is 1010. The fourth-order valence-electron chi connectivity index (χ4n) is 3.03. The normalized spacial score (nSPS) is 13.2. The number of pyridine rings is 1. The SMILES string of the molecule is CCOC(=O)c1sc2nc3ccccc3c3c2c1N=NN3CC(C)C. The second-order valence-electron chi connectivity index (χ2n) is 6.32. The van der Waals surface area contributed by atoms with Crippen LogP contribution < -0.4 is 5.01 Å². The van der Waals surface area contributed by atoms with Crippen molar-refractivity contribution in [3.8, 4) is 0 Å². The number of hydrogen-bond acceptors (Lipinski definition) is 7. The van der Waals surface area contributed by atoms with Crippen LogP contribution in [0.4, 0.5) is 11.4 Å². The number of fused-ring (bicyclic) bond motifs is 2. The number of aromatic nitrogens is 1. The van der Waals surface area contributed by atoms with Gasteiger partial charge in [0.1, 0.15) is 15.4 Å². The second kappa shape index (κ2) is 6.07. The predicted molar refractivity (Wildman–Crippen MR) is 99.8 cm³/mol. The number of hydrogen-bond donors (Lipinski definition) is 0. The van der Waals surface area contributed by atoms with Crippen LogP contribution in [0.2, 0.25) is 0 Å². The Morgan fingerprint density at radius 3 is 2.88 bits per heavy atom. The average molecular weight is 354 g/mol. The number of para-hydroxylation sites is 1. The van der Waals surface area contributed by atoms with Gasteiger partial charge in [-0.25, -0.2) is 14.8 Å². The van der Waals surface area contributed by atoms with Crippen LogP contribution in [0.15, 0.2) is 34.6 Å². The maximum atomic E-state index is 12.3. The second-order valence-corrected chi connectivity index (χ2v) is 7.32. The first-order chi connectivity index (χ1) is 12.1. The molecule has 4 rings (SSSR count). The minimum absolute atomic E-state index is 0.325. The van der Waals surface area contributed by atoms with Gasteiger partial charge in [0.15, 0.2) is 0 Å². The van der Waals surface area contributed by atoms with E-state index in [9.17, 15) is 4.79 Å². The van der Waals surface area contributed by atoms with E-state index in [0.717, 1.165) is 33.4 Å². The number of benzene rings is 1. The van der Waals surface area contributed by atoms with Crippen molar-refractivity contribution in [2.75, 3.05) is 18.2 Å². The largest absolute Gasteiger partial charge is 0.462 e. The highest BCUT2D eigenvalue weighted by Gasteiger charge is 2.29. The standard InChI is InChI=1S/C18H18N4O2S/c1-4-24-18(23)16-14-13-15(22(21-20-14)9-10(2)3)11-7-5-6-8-12(11)19-17(13)25-16/h5-8,10H,4,9H2,1-3H3. The summed E-state index contributed by atoms with van der Waals surface area (Å²) in [5.41, 5.74) is 2.44. The Morgan fingerprint density at radius 2 is 2.12 bits per heavy atom. The lowest BCUT2D eigenvalue weighted by Crippen LogP contribution is -2.23. The van der Waals surface area contributed by atoms with E-state index in [1.807, 2.05) is 29.3 Å². The molecule has 0 unspecified atom stereocenters. The predicted octanol–water partition coefficient (Wildman–Crippen LogP) is 5.10. The molecular weight excluding hydrogens is 336 g/mol. The van der Waals surface area contributed by atoms with Crippen LogP contribution in [-0.2, 0) is 4.74 Å². The van der Waals surface area contributed by atoms with E-state index in [2.05, 4.69) is 24.2 Å². The van der Waals surface area contributed by atoms with Gasteiger partial charge in [-0.05, 0) is 18.9 Å². The molecule has 6 nitrogen and oxygen atoms in total. The summed E-state index contributed by atoms with van der Waals surface area (Å²) in [6.45, 7) is 7.15. The molecule has 0 spiro atoms. The maximum absolute atomic E-state index is 12.3. The van der Waals surface area contributed by atoms with E-state index in [1.165, 1.54) is 11.3 Å². The van der Waals surface area contributed by atoms with Gasteiger partial charge in [0.25, 0.3) is 0 Å². The monoisotopic (exact) mass is 354 g/mol. The van der Waals surface area contributed by atoms with Crippen molar-refractivity contribution >= 4 is 49.8 Å². The Hall–Kier alpha value is -2.54. The first-order valence-corrected chi connectivity index (χ1v) is 9.13. The Kier molecular flexibility index (Phi) is 3.88. The van der Waals surface area contributed by atoms with Crippen LogP contribution >= 0.6 is 11.3 Å². The van der Waals surface area contributed by atoms with E-state index >= 15 is 0 Å². The van der Waals surface area contributed by atoms with Gasteiger partial charge in [-0.1, -0.05) is 37.3 Å². The molecule has 3 aromatic rings. The molecule has 0 amide bonds. The summed E-state index contributed by atoms with van der Waals surface area (Å²) in [5.74, 6) is 0.0532. The highest BCUT2D eigenvalue weighted by molar-refractivity contribution is 7.21. The quantitative estimate of drug-likeness (QED) is 0.611. The van der Waals surface area contributed by atoms with Gasteiger partial charge >= 0.3 is 5.97 Å². The molecule has 128 valence electrons. The number of ether oxygens (including phenoxy) is 1. The Labute approximate surface area is 149 Å². The smallest absolute Gasteiger partial charge is 0.350 e. The van der Waals surface area contributed by atoms with Crippen LogP contribution in [0.25, 0.3) is 21.1 Å². The third-order valence-corrected chi connectivity index (χ3v) is 5.05. The highest BCUT2D eigenvalue weighted by atomic mass is 32.1. The summed E-state index contributed by atoms with van der Waals surface area (Å²) in [4.78, 5) is 18.3. The molecule has 0 saturated carbocycles. The number of carbonyl (C=O) groups excluding carboxylic acids is 1. The maximum Gasteiger partial charge on any atom is 0.350 e. The van der Waals surface area contributed by atoms with Crippen molar-refractivity contribution in [1.29, 1.82) is 0 Å². The summed E-state index contributed by atoms with van der Waals surface area (Å²) in [7, 11) is 0. The molecule has 1 aliphatic heterocycles. The van der Waals surface area contributed by atoms with Gasteiger partial charge in [-0.3, -0.25) is 0 Å². The number of anilines is 1. The van der Waals surface area contributed by atoms with Crippen LogP contribution in [-0.4, -0.2) is 24.1 Å². The summed E-state index contributed by atoms with van der Waals surface area (Å²) in [6.07, 6.45) is 0. The van der Waals surface area contributed by atoms with Gasteiger partial charge < -0.3 is 4.74 Å². The number of nitrogens with zero attached hydrogens (tertiary/aromatic N) is 4. The average Bonchev–Trinajstić information content (AvgIpc) is 2.96. The lowest BCUT2D eigenvalue weighted by atomic mass is 10.1. The highest BCUT2D eigenvalue weighted by Crippen LogP contribution is 2.48. The first-order valence-electron chi connectivity index (χ1n) is 8.31. The van der Waals surface area contributed by atoms with Crippen molar-refractivity contribution in [3.05, 3.63) is 29.1 Å². The van der Waals surface area contributed by atoms with Crippen molar-refractivity contribution in [2.24, 2.45) is 16.3 Å². The molecular formula is C18H18N4O2S. The van der Waals surface area contributed by atoms with Gasteiger partial charge in [0.2, 0.25) is 0 Å². The molecule has 0 N–H and O–H groups in total. The third-order valence-electron chi connectivity index (χ3n) is 3.99. The fraction of sp³-hybridized carbons (Fsp3) is 0.333. The van der Waals surface area contributed by atoms with Gasteiger partial charge in [-0.2, -0.15) is 0 Å². The van der Waals surface area contributed by atoms with Crippen LogP contribution in [0.3, 0.4) is 0 Å². The molecule has 1 aliphatic rings. The molecule has 7 heteroatoms. The lowest BCUT2D eigenvalue weighted by Gasteiger charge is -2.24. The van der Waals surface area contributed by atoms with Crippen LogP contribution in [0, 0.1) is 5.92 Å². The van der Waals surface area contributed by atoms with E-state index in [4.69, 9.17) is 9.72 Å². The summed E-state index contributed by atoms with van der Waals surface area (Å²) in [5, 5.41) is 12.6. The zero-order valence-electron chi connectivity index (χ0n) is 14.3. The van der Waals surface area contributed by atoms with Gasteiger partial charge in [0, 0.05) is 11.9 Å². The number of esters is 1. The van der Waals surface area contributed by atoms with Crippen molar-refractivity contribution in [2.45, 2.75) is 20.8 Å². The number of rotatable bonds is 4. The van der Waals surface area contributed by atoms with Crippen LogP contribution in [0.5, 0.6) is 0 Å². The molecule has 25 heavy (non-hydrogen) atoms. The lowest BCUT2D eigenvalue weighted by molar-refractivity contribution is 0.0533. The number of thiophene rings is 1. The molecule has 0 bridgehead atoms. The van der Waals surface area contributed by atoms with Crippen molar-refractivity contribution in [1.82, 2.24) is 4.98 Å². The minimum atomic E-state index is -0.369. The van der Waals surface area contributed by atoms with E-state index in [0.29, 0.717) is 23.1 Å². The minimum Gasteiger partial charge on any atom is -0.462 e. The van der Waals surface area contributed by atoms with Crippen molar-refractivity contribution < 1.29 is 9.53 Å². The molecule has 0 aliphatic carbocycles. The first kappa shape index (κ1) is 16.0. The summed E-state index contributed by atoms with van der Waals surface area (Å²) >= 11 is 1.32. The zero-order chi connectivity index (χ0) is 17.6. The molecule has 0 fully saturated rings. The van der Waals surface area contributed by atoms with Gasteiger partial charge in [0.05, 0.1) is 23.2 Å². The van der Waals surface area contributed by atoms with E-state index in [1.54, 1.807) is 6.92 Å². The van der Waals surface area contributed by atoms with E-state index in [-0.39, 0.29) is 5.97 Å². The Morgan fingerprint density at radius 1 is 1.32 bits per heavy atom. The molecule has 0 saturated heterocycles. The molecule has 0 atom stereocenters. The van der Waals surface area contributed by atoms with Crippen molar-refractivity contribution in [3.63, 3.8) is 0 Å². The topological polar surface area (TPSA) is 67.1 Å². The molecule has 0 radical (unpaired) electrons. The van der Waals surface area contributed by atoms with Gasteiger partial charge in [-0.15, -0.1) is 16.5 Å². The zero-order valence-corrected chi connectivity index (χ0v) is 15.1. The summed E-state index contributed by atoms with van der Waals surface area (Å²) in [6, 6.07) is 7.97. The summed E-state index contributed by atoms with van der Waals surface area (Å²) < 4.78 is 5.18. The third kappa shape index (κ3) is 2.55. The molecule has 1 aromatic carbocycles. The molecule has 3 heterocycles. The Balaban J connectivity index is 2.03. The van der Waals surface area contributed by atoms with E-state index < -0.39 is 0 Å². The molecule has 2 aromatic heterocycles. The number of carbonyl (C=O) groups is 1. The van der Waals surface area contributed by atoms with Crippen LogP contribution in [0.1, 0.15) is 30.4 Å². The fourth-order valence-corrected chi connectivity index (χ4v) is 4.05.